The zero-order valence-electron chi connectivity index (χ0n) is 19.5. The number of nitro benzene ring substituents is 1. The highest BCUT2D eigenvalue weighted by molar-refractivity contribution is 14.1. The van der Waals surface area contributed by atoms with Gasteiger partial charge < -0.3 is 37.3 Å². The molecule has 0 saturated heterocycles. The number of hydrogen-bond acceptors (Lipinski definition) is 9. The summed E-state index contributed by atoms with van der Waals surface area (Å²) in [6.07, 6.45) is -0.340. The van der Waals surface area contributed by atoms with Crippen molar-refractivity contribution < 1.29 is 33.9 Å². The largest absolute Gasteiger partial charge is 0.492 e. The lowest BCUT2D eigenvalue weighted by Gasteiger charge is -2.27. The molecule has 1 unspecified atom stereocenters. The van der Waals surface area contributed by atoms with Gasteiger partial charge in [0.15, 0.2) is 0 Å². The first-order valence-corrected chi connectivity index (χ1v) is 12.2. The van der Waals surface area contributed by atoms with Crippen LogP contribution >= 0.6 is 22.6 Å². The van der Waals surface area contributed by atoms with Gasteiger partial charge in [-0.1, -0.05) is 0 Å². The molecular weight excluding hydrogens is 591 g/mol. The predicted octanol–water partition coefficient (Wildman–Crippen LogP) is -0.955. The van der Waals surface area contributed by atoms with Crippen LogP contribution in [0.25, 0.3) is 0 Å². The van der Waals surface area contributed by atoms with Gasteiger partial charge in [0.05, 0.1) is 26.8 Å². The summed E-state index contributed by atoms with van der Waals surface area (Å²) in [5, 5.41) is 28.8. The Morgan fingerprint density at radius 1 is 1.25 bits per heavy atom. The number of aliphatic hydroxyl groups is 1. The second-order valence-corrected chi connectivity index (χ2v) is 9.36. The highest BCUT2D eigenvalue weighted by atomic mass is 127. The summed E-state index contributed by atoms with van der Waals surface area (Å²) in [6.45, 7) is 1.43. The van der Waals surface area contributed by atoms with Crippen molar-refractivity contribution in [1.82, 2.24) is 16.0 Å². The fourth-order valence-electron chi connectivity index (χ4n) is 3.48. The topological polar surface area (TPSA) is 229 Å². The van der Waals surface area contributed by atoms with Gasteiger partial charge in [0, 0.05) is 18.6 Å². The van der Waals surface area contributed by atoms with E-state index in [1.165, 1.54) is 13.0 Å². The van der Waals surface area contributed by atoms with E-state index in [0.717, 1.165) is 6.07 Å². The van der Waals surface area contributed by atoms with Gasteiger partial charge in [-0.2, -0.15) is 0 Å². The first kappa shape index (κ1) is 29.2. The van der Waals surface area contributed by atoms with Crippen LogP contribution < -0.4 is 32.2 Å². The summed E-state index contributed by atoms with van der Waals surface area (Å²) >= 11 is 1.77. The molecule has 14 nitrogen and oxygen atoms in total. The van der Waals surface area contributed by atoms with Gasteiger partial charge in [-0.25, -0.2) is 0 Å². The number of carbonyl (C=O) groups is 4. The van der Waals surface area contributed by atoms with Crippen LogP contribution in [0.1, 0.15) is 43.0 Å². The molecule has 0 aliphatic carbocycles. The summed E-state index contributed by atoms with van der Waals surface area (Å²) in [4.78, 5) is 61.7. The molecule has 1 aliphatic rings. The van der Waals surface area contributed by atoms with Gasteiger partial charge in [0.25, 0.3) is 11.6 Å². The number of non-ortho nitro benzene ring substituents is 1. The Kier molecular flexibility index (Phi) is 10.8. The van der Waals surface area contributed by atoms with Crippen molar-refractivity contribution in [3.63, 3.8) is 0 Å². The van der Waals surface area contributed by atoms with Gasteiger partial charge in [-0.3, -0.25) is 29.3 Å². The number of nitrogens with one attached hydrogen (secondary N) is 3. The number of unbranched alkanes of at least 4 members (excludes halogenated alkanes) is 1. The summed E-state index contributed by atoms with van der Waals surface area (Å²) in [6, 6.07) is -1.60. The maximum Gasteiger partial charge on any atom is 0.271 e. The van der Waals surface area contributed by atoms with E-state index in [-0.39, 0.29) is 40.0 Å². The Bertz CT molecular complexity index is 1020. The Labute approximate surface area is 220 Å². The number of fused-ring (bicyclic) bond motifs is 1. The fourth-order valence-corrected chi connectivity index (χ4v) is 4.25. The van der Waals surface area contributed by atoms with E-state index >= 15 is 0 Å². The van der Waals surface area contributed by atoms with E-state index in [2.05, 4.69) is 16.0 Å². The molecule has 4 amide bonds. The first-order valence-electron chi connectivity index (χ1n) is 11.2. The molecule has 1 aliphatic heterocycles. The molecule has 1 aromatic carbocycles. The van der Waals surface area contributed by atoms with Crippen molar-refractivity contribution in [3.8, 4) is 5.75 Å². The second kappa shape index (κ2) is 13.3. The number of nitro groups is 1. The van der Waals surface area contributed by atoms with E-state index in [9.17, 15) is 34.4 Å². The van der Waals surface area contributed by atoms with Crippen LogP contribution in [0.2, 0.25) is 0 Å². The molecular formula is C21H29IN6O8. The fraction of sp³-hybridized carbons (Fsp3) is 0.524. The Hall–Kier alpha value is -3.05. The van der Waals surface area contributed by atoms with E-state index in [1.807, 2.05) is 0 Å². The van der Waals surface area contributed by atoms with E-state index in [1.54, 1.807) is 22.6 Å². The summed E-state index contributed by atoms with van der Waals surface area (Å²) in [5.41, 5.74) is 10.4. The lowest BCUT2D eigenvalue weighted by molar-refractivity contribution is -0.385. The maximum atomic E-state index is 13.2. The molecule has 1 aromatic rings. The minimum atomic E-state index is -1.45. The second-order valence-electron chi connectivity index (χ2n) is 8.20. The summed E-state index contributed by atoms with van der Waals surface area (Å²) in [7, 11) is 0. The van der Waals surface area contributed by atoms with Gasteiger partial charge in [-0.15, -0.1) is 0 Å². The molecule has 0 radical (unpaired) electrons. The van der Waals surface area contributed by atoms with E-state index in [0.29, 0.717) is 19.4 Å². The standard InChI is InChI=1S/C21H29IN6O8/c1-10(29)16-21(33)25-14(18(24)30)5-7-36-17-12(8-11(28(34)35)9-13(17)22)19(31)26-15(20(32)27-16)4-2-3-6-23/h8-10,14-16,29H,2-7,23H2,1H3,(H2,24,30)(H,25,33)(H,26,31)(H,27,32)/t10-,14+,15+,16?/m1/s1. The molecule has 4 atom stereocenters. The Morgan fingerprint density at radius 2 is 1.94 bits per heavy atom. The van der Waals surface area contributed by atoms with Crippen LogP contribution in [-0.4, -0.2) is 71.0 Å². The SMILES string of the molecule is C[C@@H](O)C1NC(=O)[C@H](CCCCN)NC(=O)c2cc([N+](=O)[O-])cc(I)c2OCC[C@@H](C(N)=O)NC1=O. The third kappa shape index (κ3) is 7.72. The number of aliphatic hydroxyl groups excluding tert-OH is 1. The monoisotopic (exact) mass is 620 g/mol. The summed E-state index contributed by atoms with van der Waals surface area (Å²) in [5.74, 6) is -3.33. The minimum absolute atomic E-state index is 0.00767. The highest BCUT2D eigenvalue weighted by Gasteiger charge is 2.33. The molecule has 0 bridgehead atoms. The van der Waals surface area contributed by atoms with Crippen LogP contribution in [0, 0.1) is 13.7 Å². The third-order valence-electron chi connectivity index (χ3n) is 5.43. The number of halogens is 1. The number of benzene rings is 1. The van der Waals surface area contributed by atoms with Crippen LogP contribution in [0.15, 0.2) is 12.1 Å². The number of nitrogens with two attached hydrogens (primary N) is 2. The molecule has 8 N–H and O–H groups in total. The number of primary amides is 1. The van der Waals surface area contributed by atoms with E-state index < -0.39 is 52.8 Å². The lowest BCUT2D eigenvalue weighted by Crippen LogP contribution is -2.59. The Morgan fingerprint density at radius 3 is 2.53 bits per heavy atom. The molecule has 2 rings (SSSR count). The quantitative estimate of drug-likeness (QED) is 0.0954. The molecule has 15 heteroatoms. The molecule has 1 heterocycles. The van der Waals surface area contributed by atoms with Crippen LogP contribution in [0.3, 0.4) is 0 Å². The average Bonchev–Trinajstić information content (AvgIpc) is 2.80. The van der Waals surface area contributed by atoms with Crippen molar-refractivity contribution in [2.75, 3.05) is 13.2 Å². The van der Waals surface area contributed by atoms with Crippen molar-refractivity contribution >= 4 is 51.9 Å². The number of carbonyl (C=O) groups excluding carboxylic acids is 4. The maximum absolute atomic E-state index is 13.2. The third-order valence-corrected chi connectivity index (χ3v) is 6.23. The zero-order valence-corrected chi connectivity index (χ0v) is 21.6. The van der Waals surface area contributed by atoms with Gasteiger partial charge >= 0.3 is 0 Å². The summed E-state index contributed by atoms with van der Waals surface area (Å²) < 4.78 is 5.95. The first-order chi connectivity index (χ1) is 17.0. The van der Waals surface area contributed by atoms with Crippen molar-refractivity contribution in [2.24, 2.45) is 11.5 Å². The molecule has 0 fully saturated rings. The highest BCUT2D eigenvalue weighted by Crippen LogP contribution is 2.31. The average molecular weight is 620 g/mol. The molecule has 0 aromatic heterocycles. The van der Waals surface area contributed by atoms with Crippen molar-refractivity contribution in [1.29, 1.82) is 0 Å². The number of rotatable bonds is 7. The molecule has 0 spiro atoms. The van der Waals surface area contributed by atoms with Gasteiger partial charge in [0.1, 0.15) is 23.9 Å². The van der Waals surface area contributed by atoms with Crippen molar-refractivity contribution in [3.05, 3.63) is 31.4 Å². The van der Waals surface area contributed by atoms with Gasteiger partial charge in [0.2, 0.25) is 17.7 Å². The number of amides is 4. The number of ether oxygens (including phenoxy) is 1. The van der Waals surface area contributed by atoms with Crippen LogP contribution in [-0.2, 0) is 14.4 Å². The normalized spacial score (nSPS) is 22.1. The smallest absolute Gasteiger partial charge is 0.271 e. The molecule has 198 valence electrons. The lowest BCUT2D eigenvalue weighted by atomic mass is 10.0. The molecule has 0 saturated carbocycles. The van der Waals surface area contributed by atoms with Gasteiger partial charge in [-0.05, 0) is 55.3 Å². The van der Waals surface area contributed by atoms with Crippen LogP contribution in [0.5, 0.6) is 5.75 Å². The number of hydrogen-bond donors (Lipinski definition) is 6. The molecule has 36 heavy (non-hydrogen) atoms. The Balaban J connectivity index is 2.55. The number of nitrogens with zero attached hydrogens (tertiary/aromatic N) is 1. The van der Waals surface area contributed by atoms with Crippen LogP contribution in [0.4, 0.5) is 5.69 Å². The van der Waals surface area contributed by atoms with E-state index in [4.69, 9.17) is 16.2 Å². The minimum Gasteiger partial charge on any atom is -0.492 e. The predicted molar refractivity (Wildman–Crippen MR) is 135 cm³/mol. The zero-order chi connectivity index (χ0) is 27.0. The van der Waals surface area contributed by atoms with Crippen molar-refractivity contribution in [2.45, 2.75) is 56.8 Å².